The third-order valence-corrected chi connectivity index (χ3v) is 3.93. The normalized spacial score (nSPS) is 10.9. The number of halogens is 1. The van der Waals surface area contributed by atoms with Gasteiger partial charge >= 0.3 is 0 Å². The maximum absolute atomic E-state index is 6.08. The van der Waals surface area contributed by atoms with E-state index >= 15 is 0 Å². The molecule has 0 amide bonds. The molecular formula is C18H14ClN5. The molecule has 0 fully saturated rings. The predicted molar refractivity (Wildman–Crippen MR) is 96.1 cm³/mol. The number of anilines is 2. The van der Waals surface area contributed by atoms with Gasteiger partial charge in [0, 0.05) is 10.7 Å². The van der Waals surface area contributed by atoms with Crippen molar-refractivity contribution in [1.82, 2.24) is 19.7 Å². The van der Waals surface area contributed by atoms with Gasteiger partial charge in [0.25, 0.3) is 0 Å². The van der Waals surface area contributed by atoms with Crippen molar-refractivity contribution in [2.45, 2.75) is 6.92 Å². The summed E-state index contributed by atoms with van der Waals surface area (Å²) in [6.45, 7) is 2.05. The van der Waals surface area contributed by atoms with E-state index < -0.39 is 0 Å². The maximum Gasteiger partial charge on any atom is 0.168 e. The van der Waals surface area contributed by atoms with Gasteiger partial charge in [-0.2, -0.15) is 5.10 Å². The molecule has 2 aromatic heterocycles. The van der Waals surface area contributed by atoms with Crippen LogP contribution in [0.25, 0.3) is 16.7 Å². The standard InChI is InChI=1S/C18H14ClN5/c1-12-4-2-6-14(8-12)23-17-16-10-22-24(18(16)21-11-20-17)15-7-3-5-13(19)9-15/h2-11H,1H3,(H,20,21,23). The molecule has 6 heteroatoms. The lowest BCUT2D eigenvalue weighted by atomic mass is 10.2. The van der Waals surface area contributed by atoms with Gasteiger partial charge in [-0.05, 0) is 42.8 Å². The van der Waals surface area contributed by atoms with E-state index in [1.165, 1.54) is 11.9 Å². The average Bonchev–Trinajstić information content (AvgIpc) is 3.00. The molecule has 5 nitrogen and oxygen atoms in total. The third-order valence-electron chi connectivity index (χ3n) is 3.70. The van der Waals surface area contributed by atoms with Crippen molar-refractivity contribution in [2.75, 3.05) is 5.32 Å². The van der Waals surface area contributed by atoms with E-state index in [9.17, 15) is 0 Å². The quantitative estimate of drug-likeness (QED) is 0.598. The van der Waals surface area contributed by atoms with Crippen molar-refractivity contribution in [1.29, 1.82) is 0 Å². The van der Waals surface area contributed by atoms with Gasteiger partial charge in [-0.1, -0.05) is 29.8 Å². The number of rotatable bonds is 3. The van der Waals surface area contributed by atoms with E-state index in [-0.39, 0.29) is 0 Å². The highest BCUT2D eigenvalue weighted by Crippen LogP contribution is 2.25. The Hall–Kier alpha value is -2.92. The molecule has 0 aliphatic carbocycles. The fourth-order valence-electron chi connectivity index (χ4n) is 2.60. The van der Waals surface area contributed by atoms with Gasteiger partial charge < -0.3 is 5.32 Å². The summed E-state index contributed by atoms with van der Waals surface area (Å²) >= 11 is 6.08. The number of fused-ring (bicyclic) bond motifs is 1. The molecule has 0 aliphatic heterocycles. The minimum atomic E-state index is 0.656. The zero-order valence-electron chi connectivity index (χ0n) is 12.9. The van der Waals surface area contributed by atoms with Crippen molar-refractivity contribution in [3.05, 3.63) is 71.6 Å². The highest BCUT2D eigenvalue weighted by Gasteiger charge is 2.11. The fourth-order valence-corrected chi connectivity index (χ4v) is 2.78. The van der Waals surface area contributed by atoms with Crippen LogP contribution in [0.4, 0.5) is 11.5 Å². The van der Waals surface area contributed by atoms with Crippen molar-refractivity contribution >= 4 is 34.1 Å². The van der Waals surface area contributed by atoms with Crippen molar-refractivity contribution < 1.29 is 0 Å². The van der Waals surface area contributed by atoms with E-state index in [1.807, 2.05) is 36.4 Å². The minimum Gasteiger partial charge on any atom is -0.340 e. The zero-order chi connectivity index (χ0) is 16.5. The highest BCUT2D eigenvalue weighted by atomic mass is 35.5. The van der Waals surface area contributed by atoms with E-state index in [1.54, 1.807) is 10.9 Å². The molecule has 118 valence electrons. The lowest BCUT2D eigenvalue weighted by Gasteiger charge is -2.07. The third kappa shape index (κ3) is 2.70. The molecule has 0 saturated heterocycles. The predicted octanol–water partition coefficient (Wildman–Crippen LogP) is 4.52. The van der Waals surface area contributed by atoms with Crippen LogP contribution in [0.15, 0.2) is 61.1 Å². The molecule has 1 N–H and O–H groups in total. The molecule has 0 unspecified atom stereocenters. The molecule has 2 heterocycles. The van der Waals surface area contributed by atoms with Gasteiger partial charge in [-0.15, -0.1) is 0 Å². The summed E-state index contributed by atoms with van der Waals surface area (Å²) in [6, 6.07) is 15.6. The largest absolute Gasteiger partial charge is 0.340 e. The Morgan fingerprint density at radius 1 is 1.04 bits per heavy atom. The Morgan fingerprint density at radius 3 is 2.75 bits per heavy atom. The van der Waals surface area contributed by atoms with E-state index in [4.69, 9.17) is 11.6 Å². The number of hydrogen-bond donors (Lipinski definition) is 1. The van der Waals surface area contributed by atoms with Crippen molar-refractivity contribution in [3.63, 3.8) is 0 Å². The highest BCUT2D eigenvalue weighted by molar-refractivity contribution is 6.30. The van der Waals surface area contributed by atoms with Crippen LogP contribution in [0.5, 0.6) is 0 Å². The number of aromatic nitrogens is 4. The van der Waals surface area contributed by atoms with Gasteiger partial charge in [0.2, 0.25) is 0 Å². The molecule has 24 heavy (non-hydrogen) atoms. The average molecular weight is 336 g/mol. The van der Waals surface area contributed by atoms with E-state index in [2.05, 4.69) is 39.4 Å². The second kappa shape index (κ2) is 5.94. The lowest BCUT2D eigenvalue weighted by molar-refractivity contribution is 0.895. The van der Waals surface area contributed by atoms with Crippen LogP contribution in [0.2, 0.25) is 5.02 Å². The molecule has 0 bridgehead atoms. The summed E-state index contributed by atoms with van der Waals surface area (Å²) in [6.07, 6.45) is 3.29. The van der Waals surface area contributed by atoms with Gasteiger partial charge in [0.15, 0.2) is 5.65 Å². The summed E-state index contributed by atoms with van der Waals surface area (Å²) in [5.41, 5.74) is 3.74. The summed E-state index contributed by atoms with van der Waals surface area (Å²) in [4.78, 5) is 8.73. The minimum absolute atomic E-state index is 0.656. The smallest absolute Gasteiger partial charge is 0.168 e. The number of hydrogen-bond acceptors (Lipinski definition) is 4. The van der Waals surface area contributed by atoms with E-state index in [0.717, 1.165) is 28.2 Å². The molecule has 4 rings (SSSR count). The molecular weight excluding hydrogens is 322 g/mol. The monoisotopic (exact) mass is 335 g/mol. The Morgan fingerprint density at radius 2 is 1.92 bits per heavy atom. The number of nitrogens with one attached hydrogen (secondary N) is 1. The molecule has 0 radical (unpaired) electrons. The summed E-state index contributed by atoms with van der Waals surface area (Å²) < 4.78 is 1.75. The Labute approximate surface area is 143 Å². The first kappa shape index (κ1) is 14.7. The van der Waals surface area contributed by atoms with Gasteiger partial charge in [-0.25, -0.2) is 14.6 Å². The van der Waals surface area contributed by atoms with Crippen molar-refractivity contribution in [3.8, 4) is 5.69 Å². The van der Waals surface area contributed by atoms with Crippen LogP contribution in [0.3, 0.4) is 0 Å². The maximum atomic E-state index is 6.08. The van der Waals surface area contributed by atoms with Gasteiger partial charge in [0.05, 0.1) is 17.3 Å². The van der Waals surface area contributed by atoms with Crippen LogP contribution >= 0.6 is 11.6 Å². The topological polar surface area (TPSA) is 55.6 Å². The van der Waals surface area contributed by atoms with Crippen LogP contribution in [0, 0.1) is 6.92 Å². The first-order valence-corrected chi connectivity index (χ1v) is 7.87. The molecule has 0 aliphatic rings. The van der Waals surface area contributed by atoms with Crippen LogP contribution < -0.4 is 5.32 Å². The molecule has 4 aromatic rings. The van der Waals surface area contributed by atoms with Crippen molar-refractivity contribution in [2.24, 2.45) is 0 Å². The van der Waals surface area contributed by atoms with E-state index in [0.29, 0.717) is 5.02 Å². The number of aryl methyl sites for hydroxylation is 1. The Bertz CT molecular complexity index is 1020. The SMILES string of the molecule is Cc1cccc(Nc2ncnc3c2cnn3-c2cccc(Cl)c2)c1. The van der Waals surface area contributed by atoms with Crippen LogP contribution in [-0.2, 0) is 0 Å². The first-order chi connectivity index (χ1) is 11.7. The van der Waals surface area contributed by atoms with Crippen LogP contribution in [0.1, 0.15) is 5.56 Å². The molecule has 0 saturated carbocycles. The summed E-state index contributed by atoms with van der Waals surface area (Å²) in [5.74, 6) is 0.721. The van der Waals surface area contributed by atoms with Gasteiger partial charge in [-0.3, -0.25) is 0 Å². The van der Waals surface area contributed by atoms with Gasteiger partial charge in [0.1, 0.15) is 12.1 Å². The fraction of sp³-hybridized carbons (Fsp3) is 0.0556. The second-order valence-electron chi connectivity index (χ2n) is 5.49. The Balaban J connectivity index is 1.79. The zero-order valence-corrected chi connectivity index (χ0v) is 13.7. The molecule has 2 aromatic carbocycles. The summed E-state index contributed by atoms with van der Waals surface area (Å²) in [7, 11) is 0. The molecule has 0 atom stereocenters. The number of benzene rings is 2. The van der Waals surface area contributed by atoms with Crippen LogP contribution in [-0.4, -0.2) is 19.7 Å². The Kier molecular flexibility index (Phi) is 3.63. The number of nitrogens with zero attached hydrogens (tertiary/aromatic N) is 4. The summed E-state index contributed by atoms with van der Waals surface area (Å²) in [5, 5.41) is 9.28. The lowest BCUT2D eigenvalue weighted by Crippen LogP contribution is -1.99. The first-order valence-electron chi connectivity index (χ1n) is 7.49. The second-order valence-corrected chi connectivity index (χ2v) is 5.93. The molecule has 0 spiro atoms.